The fraction of sp³-hybridized carbons (Fsp3) is 0.316. The molecule has 2 heterocycles. The van der Waals surface area contributed by atoms with Gasteiger partial charge in [-0.25, -0.2) is 9.97 Å². The maximum absolute atomic E-state index is 13.0. The zero-order chi connectivity index (χ0) is 20.5. The van der Waals surface area contributed by atoms with Crippen LogP contribution in [0.3, 0.4) is 0 Å². The van der Waals surface area contributed by atoms with Crippen molar-refractivity contribution in [2.75, 3.05) is 19.5 Å². The molecule has 6 nitrogen and oxygen atoms in total. The van der Waals surface area contributed by atoms with Crippen molar-refractivity contribution >= 4 is 16.7 Å². The first-order chi connectivity index (χ1) is 13.2. The lowest BCUT2D eigenvalue weighted by Crippen LogP contribution is -2.13. The van der Waals surface area contributed by atoms with E-state index in [0.29, 0.717) is 34.0 Å². The summed E-state index contributed by atoms with van der Waals surface area (Å²) >= 11 is 0. The lowest BCUT2D eigenvalue weighted by atomic mass is 10.1. The average molecular weight is 392 g/mol. The van der Waals surface area contributed by atoms with Gasteiger partial charge in [-0.1, -0.05) is 0 Å². The van der Waals surface area contributed by atoms with E-state index in [1.807, 2.05) is 0 Å². The Morgan fingerprint density at radius 1 is 1.04 bits per heavy atom. The smallest absolute Gasteiger partial charge is 0.416 e. The van der Waals surface area contributed by atoms with Crippen molar-refractivity contribution in [1.82, 2.24) is 15.0 Å². The van der Waals surface area contributed by atoms with Gasteiger partial charge in [-0.2, -0.15) is 13.2 Å². The third-order valence-electron chi connectivity index (χ3n) is 4.22. The zero-order valence-corrected chi connectivity index (χ0v) is 15.8. The predicted molar refractivity (Wildman–Crippen MR) is 98.7 cm³/mol. The van der Waals surface area contributed by atoms with Crippen LogP contribution in [0, 0.1) is 6.92 Å². The van der Waals surface area contributed by atoms with Crippen molar-refractivity contribution in [3.63, 3.8) is 0 Å². The maximum Gasteiger partial charge on any atom is 0.416 e. The number of anilines is 1. The van der Waals surface area contributed by atoms with E-state index in [2.05, 4.69) is 20.3 Å². The summed E-state index contributed by atoms with van der Waals surface area (Å²) in [6, 6.07) is 4.89. The molecule has 1 N–H and O–H groups in total. The van der Waals surface area contributed by atoms with Crippen LogP contribution in [0.25, 0.3) is 10.9 Å². The summed E-state index contributed by atoms with van der Waals surface area (Å²) in [5, 5.41) is 3.79. The summed E-state index contributed by atoms with van der Waals surface area (Å²) in [5.74, 6) is 1.99. The lowest BCUT2D eigenvalue weighted by Gasteiger charge is -2.18. The van der Waals surface area contributed by atoms with E-state index in [1.54, 1.807) is 26.0 Å². The Hall–Kier alpha value is -3.10. The van der Waals surface area contributed by atoms with Crippen molar-refractivity contribution < 1.29 is 22.6 Å². The minimum absolute atomic E-state index is 0.250. The van der Waals surface area contributed by atoms with Gasteiger partial charge in [0.2, 0.25) is 0 Å². The van der Waals surface area contributed by atoms with Crippen molar-refractivity contribution in [2.24, 2.45) is 0 Å². The molecule has 0 aliphatic carbocycles. The fourth-order valence-electron chi connectivity index (χ4n) is 2.82. The van der Waals surface area contributed by atoms with Crippen LogP contribution in [0.2, 0.25) is 0 Å². The Labute approximate surface area is 159 Å². The molecule has 2 aromatic heterocycles. The van der Waals surface area contributed by atoms with Gasteiger partial charge >= 0.3 is 6.18 Å². The van der Waals surface area contributed by atoms with Gasteiger partial charge in [0.1, 0.15) is 11.6 Å². The summed E-state index contributed by atoms with van der Waals surface area (Å²) in [6.07, 6.45) is -3.28. The monoisotopic (exact) mass is 392 g/mol. The van der Waals surface area contributed by atoms with Gasteiger partial charge < -0.3 is 14.8 Å². The van der Waals surface area contributed by atoms with Gasteiger partial charge in [0.15, 0.2) is 11.5 Å². The molecule has 0 amide bonds. The van der Waals surface area contributed by atoms with Crippen LogP contribution in [-0.2, 0) is 6.18 Å². The molecule has 0 fully saturated rings. The third kappa shape index (κ3) is 3.92. The molecule has 0 radical (unpaired) electrons. The normalized spacial score (nSPS) is 12.7. The zero-order valence-electron chi connectivity index (χ0n) is 15.8. The number of nitrogens with one attached hydrogen (secondary N) is 1. The minimum Gasteiger partial charge on any atom is -0.493 e. The molecule has 3 rings (SSSR count). The fourth-order valence-corrected chi connectivity index (χ4v) is 2.82. The number of halogens is 3. The lowest BCUT2D eigenvalue weighted by molar-refractivity contribution is -0.137. The SMILES string of the molecule is COc1cc2nc(C)nc(N[C@H](C)c3cc(C(F)(F)F)ccn3)c2cc1OC. The number of hydrogen-bond acceptors (Lipinski definition) is 6. The van der Waals surface area contributed by atoms with Crippen LogP contribution in [0.15, 0.2) is 30.5 Å². The van der Waals surface area contributed by atoms with Crippen molar-refractivity contribution in [3.05, 3.63) is 47.5 Å². The summed E-state index contributed by atoms with van der Waals surface area (Å²) in [4.78, 5) is 12.9. The molecular weight excluding hydrogens is 373 g/mol. The second-order valence-corrected chi connectivity index (χ2v) is 6.18. The van der Waals surface area contributed by atoms with E-state index < -0.39 is 17.8 Å². The third-order valence-corrected chi connectivity index (χ3v) is 4.22. The first-order valence-corrected chi connectivity index (χ1v) is 8.43. The first-order valence-electron chi connectivity index (χ1n) is 8.43. The van der Waals surface area contributed by atoms with E-state index in [4.69, 9.17) is 9.47 Å². The number of rotatable bonds is 5. The highest BCUT2D eigenvalue weighted by molar-refractivity contribution is 5.92. The molecule has 9 heteroatoms. The highest BCUT2D eigenvalue weighted by atomic mass is 19.4. The van der Waals surface area contributed by atoms with Crippen LogP contribution in [-0.4, -0.2) is 29.2 Å². The maximum atomic E-state index is 13.0. The standard InChI is InChI=1S/C19H19F3N4O2/c1-10(14-7-12(5-6-23-14)19(20,21)22)24-18-13-8-16(27-3)17(28-4)9-15(13)25-11(2)26-18/h5-10H,1-4H3,(H,24,25,26)/t10-/m1/s1. The molecule has 0 bridgehead atoms. The van der Waals surface area contributed by atoms with E-state index >= 15 is 0 Å². The summed E-state index contributed by atoms with van der Waals surface area (Å²) in [6.45, 7) is 3.45. The molecule has 0 unspecified atom stereocenters. The quantitative estimate of drug-likeness (QED) is 0.687. The minimum atomic E-state index is -4.43. The molecule has 0 aliphatic rings. The highest BCUT2D eigenvalue weighted by Gasteiger charge is 2.31. The number of aryl methyl sites for hydroxylation is 1. The largest absolute Gasteiger partial charge is 0.493 e. The van der Waals surface area contributed by atoms with Gasteiger partial charge in [-0.3, -0.25) is 4.98 Å². The number of hydrogen-bond donors (Lipinski definition) is 1. The van der Waals surface area contributed by atoms with E-state index in [9.17, 15) is 13.2 Å². The molecule has 3 aromatic rings. The Balaban J connectivity index is 2.02. The molecular formula is C19H19F3N4O2. The van der Waals surface area contributed by atoms with Crippen molar-refractivity contribution in [3.8, 4) is 11.5 Å². The number of methoxy groups -OCH3 is 2. The van der Waals surface area contributed by atoms with E-state index in [-0.39, 0.29) is 5.69 Å². The number of pyridine rings is 1. The van der Waals surface area contributed by atoms with Gasteiger partial charge in [-0.15, -0.1) is 0 Å². The summed E-state index contributed by atoms with van der Waals surface area (Å²) in [7, 11) is 3.04. The molecule has 28 heavy (non-hydrogen) atoms. The highest BCUT2D eigenvalue weighted by Crippen LogP contribution is 2.35. The van der Waals surface area contributed by atoms with Gasteiger partial charge in [0.05, 0.1) is 37.0 Å². The van der Waals surface area contributed by atoms with E-state index in [0.717, 1.165) is 18.3 Å². The number of ether oxygens (including phenoxy) is 2. The van der Waals surface area contributed by atoms with E-state index in [1.165, 1.54) is 14.2 Å². The first kappa shape index (κ1) is 19.7. The number of nitrogens with zero attached hydrogens (tertiary/aromatic N) is 3. The Bertz CT molecular complexity index is 1010. The summed E-state index contributed by atoms with van der Waals surface area (Å²) < 4.78 is 49.6. The number of aromatic nitrogens is 3. The van der Waals surface area contributed by atoms with Crippen LogP contribution >= 0.6 is 0 Å². The number of benzene rings is 1. The molecule has 0 saturated heterocycles. The average Bonchev–Trinajstić information content (AvgIpc) is 2.66. The van der Waals surface area contributed by atoms with Gasteiger partial charge in [-0.05, 0) is 32.0 Å². The molecule has 148 valence electrons. The Kier molecular flexibility index (Phi) is 5.26. The molecule has 0 aliphatic heterocycles. The van der Waals surface area contributed by atoms with Crippen molar-refractivity contribution in [1.29, 1.82) is 0 Å². The topological polar surface area (TPSA) is 69.2 Å². The second kappa shape index (κ2) is 7.49. The van der Waals surface area contributed by atoms with Crippen LogP contribution in [0.5, 0.6) is 11.5 Å². The molecule has 1 atom stereocenters. The Morgan fingerprint density at radius 2 is 1.71 bits per heavy atom. The Morgan fingerprint density at radius 3 is 2.36 bits per heavy atom. The van der Waals surface area contributed by atoms with Crippen molar-refractivity contribution in [2.45, 2.75) is 26.1 Å². The van der Waals surface area contributed by atoms with Gasteiger partial charge in [0.25, 0.3) is 0 Å². The second-order valence-electron chi connectivity index (χ2n) is 6.18. The molecule has 0 spiro atoms. The number of alkyl halides is 3. The molecule has 1 aromatic carbocycles. The number of fused-ring (bicyclic) bond motifs is 1. The summed E-state index contributed by atoms with van der Waals surface area (Å²) in [5.41, 5.74) is 0.123. The predicted octanol–water partition coefficient (Wildman–Crippen LogP) is 4.54. The van der Waals surface area contributed by atoms with Crippen LogP contribution in [0.4, 0.5) is 19.0 Å². The van der Waals surface area contributed by atoms with Crippen LogP contribution < -0.4 is 14.8 Å². The van der Waals surface area contributed by atoms with Crippen LogP contribution in [0.1, 0.15) is 30.0 Å². The molecule has 0 saturated carbocycles. The van der Waals surface area contributed by atoms with Gasteiger partial charge in [0, 0.05) is 17.6 Å².